The van der Waals surface area contributed by atoms with E-state index in [1.54, 1.807) is 12.1 Å². The SMILES string of the molecule is CCC(C)(CC)C1CCC(N2CCN(c3ccc(C(=O)NC)nc3F)CC2)C1. The fraction of sp³-hybridized carbons (Fsp3) is 0.727. The van der Waals surface area contributed by atoms with Crippen molar-refractivity contribution >= 4 is 11.6 Å². The Kier molecular flexibility index (Phi) is 6.58. The highest BCUT2D eigenvalue weighted by atomic mass is 19.1. The molecular formula is C22H35FN4O. The van der Waals surface area contributed by atoms with E-state index in [-0.39, 0.29) is 11.6 Å². The number of halogens is 1. The van der Waals surface area contributed by atoms with Crippen LogP contribution in [0.5, 0.6) is 0 Å². The number of carbonyl (C=O) groups excluding carboxylic acids is 1. The molecule has 1 amide bonds. The Morgan fingerprint density at radius 2 is 1.89 bits per heavy atom. The van der Waals surface area contributed by atoms with Crippen molar-refractivity contribution in [3.63, 3.8) is 0 Å². The predicted molar refractivity (Wildman–Crippen MR) is 111 cm³/mol. The third-order valence-corrected chi connectivity index (χ3v) is 7.47. The predicted octanol–water partition coefficient (Wildman–Crippen LogP) is 3.70. The molecule has 2 fully saturated rings. The van der Waals surface area contributed by atoms with Crippen LogP contribution in [0.3, 0.4) is 0 Å². The fourth-order valence-electron chi connectivity index (χ4n) is 4.99. The first-order valence-electron chi connectivity index (χ1n) is 10.8. The molecule has 2 heterocycles. The summed E-state index contributed by atoms with van der Waals surface area (Å²) in [6.45, 7) is 10.6. The molecule has 2 unspecified atom stereocenters. The molecule has 2 aliphatic rings. The molecular weight excluding hydrogens is 355 g/mol. The van der Waals surface area contributed by atoms with Gasteiger partial charge in [-0.05, 0) is 42.7 Å². The van der Waals surface area contributed by atoms with E-state index in [0.717, 1.165) is 32.1 Å². The second kappa shape index (κ2) is 8.76. The quantitative estimate of drug-likeness (QED) is 0.753. The number of rotatable bonds is 6. The van der Waals surface area contributed by atoms with Crippen LogP contribution in [0, 0.1) is 17.3 Å². The maximum absolute atomic E-state index is 14.4. The van der Waals surface area contributed by atoms with Crippen molar-refractivity contribution in [1.29, 1.82) is 0 Å². The number of piperazine rings is 1. The molecule has 2 atom stereocenters. The van der Waals surface area contributed by atoms with Gasteiger partial charge in [-0.2, -0.15) is 4.39 Å². The number of hydrogen-bond acceptors (Lipinski definition) is 4. The van der Waals surface area contributed by atoms with Crippen molar-refractivity contribution < 1.29 is 9.18 Å². The second-order valence-corrected chi connectivity index (χ2v) is 8.63. The molecule has 0 radical (unpaired) electrons. The molecule has 1 saturated heterocycles. The van der Waals surface area contributed by atoms with Crippen LogP contribution >= 0.6 is 0 Å². The minimum absolute atomic E-state index is 0.120. The molecule has 3 rings (SSSR count). The van der Waals surface area contributed by atoms with Crippen molar-refractivity contribution in [3.05, 3.63) is 23.8 Å². The molecule has 6 heteroatoms. The molecule has 1 aromatic heterocycles. The van der Waals surface area contributed by atoms with Crippen LogP contribution < -0.4 is 10.2 Å². The zero-order chi connectivity index (χ0) is 20.3. The Hall–Kier alpha value is -1.69. The number of amides is 1. The highest BCUT2D eigenvalue weighted by Crippen LogP contribution is 2.45. The van der Waals surface area contributed by atoms with Crippen LogP contribution in [-0.4, -0.2) is 55.1 Å². The number of hydrogen-bond donors (Lipinski definition) is 1. The van der Waals surface area contributed by atoms with Crippen LogP contribution in [0.25, 0.3) is 0 Å². The number of pyridine rings is 1. The van der Waals surface area contributed by atoms with E-state index >= 15 is 0 Å². The van der Waals surface area contributed by atoms with Gasteiger partial charge in [-0.3, -0.25) is 9.69 Å². The number of carbonyl (C=O) groups is 1. The zero-order valence-corrected chi connectivity index (χ0v) is 17.8. The minimum atomic E-state index is -0.558. The summed E-state index contributed by atoms with van der Waals surface area (Å²) in [6, 6.07) is 3.95. The van der Waals surface area contributed by atoms with Gasteiger partial charge in [-0.15, -0.1) is 0 Å². The lowest BCUT2D eigenvalue weighted by Gasteiger charge is -2.40. The van der Waals surface area contributed by atoms with Crippen molar-refractivity contribution in [1.82, 2.24) is 15.2 Å². The van der Waals surface area contributed by atoms with E-state index in [2.05, 4.69) is 40.9 Å². The number of aromatic nitrogens is 1. The molecule has 5 nitrogen and oxygen atoms in total. The third-order valence-electron chi connectivity index (χ3n) is 7.47. The summed E-state index contributed by atoms with van der Waals surface area (Å²) >= 11 is 0. The Morgan fingerprint density at radius 1 is 1.21 bits per heavy atom. The molecule has 0 bridgehead atoms. The van der Waals surface area contributed by atoms with Gasteiger partial charge in [-0.1, -0.05) is 33.6 Å². The number of anilines is 1. The van der Waals surface area contributed by atoms with E-state index in [9.17, 15) is 9.18 Å². The zero-order valence-electron chi connectivity index (χ0n) is 17.8. The number of nitrogens with one attached hydrogen (secondary N) is 1. The van der Waals surface area contributed by atoms with Gasteiger partial charge in [0, 0.05) is 39.3 Å². The Bertz CT molecular complexity index is 683. The Labute approximate surface area is 168 Å². The molecule has 1 aliphatic heterocycles. The Morgan fingerprint density at radius 3 is 2.46 bits per heavy atom. The summed E-state index contributed by atoms with van der Waals surface area (Å²) < 4.78 is 14.4. The third kappa shape index (κ3) is 4.17. The monoisotopic (exact) mass is 390 g/mol. The Balaban J connectivity index is 1.57. The van der Waals surface area contributed by atoms with Crippen molar-refractivity contribution in [2.75, 3.05) is 38.1 Å². The summed E-state index contributed by atoms with van der Waals surface area (Å²) in [5.74, 6) is -0.0983. The summed E-state index contributed by atoms with van der Waals surface area (Å²) in [4.78, 5) is 20.1. The van der Waals surface area contributed by atoms with Crippen molar-refractivity contribution in [2.45, 2.75) is 58.9 Å². The summed E-state index contributed by atoms with van der Waals surface area (Å²) in [5, 5.41) is 2.48. The van der Waals surface area contributed by atoms with Crippen molar-refractivity contribution in [2.24, 2.45) is 11.3 Å². The second-order valence-electron chi connectivity index (χ2n) is 8.63. The molecule has 1 aromatic rings. The van der Waals surface area contributed by atoms with Gasteiger partial charge in [0.05, 0.1) is 5.69 Å². The first-order valence-corrected chi connectivity index (χ1v) is 10.8. The molecule has 28 heavy (non-hydrogen) atoms. The average molecular weight is 391 g/mol. The van der Waals surface area contributed by atoms with E-state index < -0.39 is 5.95 Å². The van der Waals surface area contributed by atoms with Gasteiger partial charge in [0.2, 0.25) is 5.95 Å². The maximum Gasteiger partial charge on any atom is 0.269 e. The molecule has 1 saturated carbocycles. The lowest BCUT2D eigenvalue weighted by molar-refractivity contribution is 0.0957. The molecule has 1 aliphatic carbocycles. The van der Waals surface area contributed by atoms with E-state index in [4.69, 9.17) is 0 Å². The maximum atomic E-state index is 14.4. The van der Waals surface area contributed by atoms with Crippen LogP contribution in [0.2, 0.25) is 0 Å². The summed E-state index contributed by atoms with van der Waals surface area (Å²) in [6.07, 6.45) is 6.44. The number of nitrogens with zero attached hydrogens (tertiary/aromatic N) is 3. The first-order chi connectivity index (χ1) is 13.4. The van der Waals surface area contributed by atoms with Gasteiger partial charge < -0.3 is 10.2 Å². The lowest BCUT2D eigenvalue weighted by Crippen LogP contribution is -2.50. The van der Waals surface area contributed by atoms with E-state index in [0.29, 0.717) is 17.1 Å². The summed E-state index contributed by atoms with van der Waals surface area (Å²) in [5.41, 5.74) is 1.09. The van der Waals surface area contributed by atoms with E-state index in [1.165, 1.54) is 39.2 Å². The fourth-order valence-corrected chi connectivity index (χ4v) is 4.99. The van der Waals surface area contributed by atoms with Gasteiger partial charge in [0.1, 0.15) is 5.69 Å². The smallest absolute Gasteiger partial charge is 0.269 e. The topological polar surface area (TPSA) is 48.5 Å². The van der Waals surface area contributed by atoms with Crippen LogP contribution in [0.4, 0.5) is 10.1 Å². The van der Waals surface area contributed by atoms with Gasteiger partial charge >= 0.3 is 0 Å². The van der Waals surface area contributed by atoms with E-state index in [1.807, 2.05) is 0 Å². The normalized spacial score (nSPS) is 23.8. The van der Waals surface area contributed by atoms with Gasteiger partial charge in [-0.25, -0.2) is 4.98 Å². The highest BCUT2D eigenvalue weighted by Gasteiger charge is 2.39. The van der Waals surface area contributed by atoms with Crippen molar-refractivity contribution in [3.8, 4) is 0 Å². The van der Waals surface area contributed by atoms with Crippen LogP contribution in [0.15, 0.2) is 12.1 Å². The van der Waals surface area contributed by atoms with Gasteiger partial charge in [0.25, 0.3) is 5.91 Å². The molecule has 0 spiro atoms. The highest BCUT2D eigenvalue weighted by molar-refractivity contribution is 5.92. The standard InChI is InChI=1S/C22H35FN4O/c1-5-22(3,6-2)16-7-8-17(15-16)26-11-13-27(14-12-26)19-10-9-18(21(28)24-4)25-20(19)23/h9-10,16-17H,5-8,11-15H2,1-4H3,(H,24,28). The van der Waals surface area contributed by atoms with Crippen LogP contribution in [-0.2, 0) is 0 Å². The molecule has 156 valence electrons. The lowest BCUT2D eigenvalue weighted by atomic mass is 9.72. The average Bonchev–Trinajstić information content (AvgIpc) is 3.23. The molecule has 0 aromatic carbocycles. The van der Waals surface area contributed by atoms with Gasteiger partial charge in [0.15, 0.2) is 0 Å². The van der Waals surface area contributed by atoms with Crippen LogP contribution in [0.1, 0.15) is 63.4 Å². The minimum Gasteiger partial charge on any atom is -0.365 e. The summed E-state index contributed by atoms with van der Waals surface area (Å²) in [7, 11) is 1.52. The molecule has 1 N–H and O–H groups in total. The largest absolute Gasteiger partial charge is 0.365 e. The first kappa shape index (κ1) is 21.0.